The Morgan fingerprint density at radius 3 is 2.80 bits per heavy atom. The Labute approximate surface area is 126 Å². The summed E-state index contributed by atoms with van der Waals surface area (Å²) >= 11 is 3.59. The number of carbonyl (C=O) groups excluding carboxylic acids is 1. The lowest BCUT2D eigenvalue weighted by Gasteiger charge is -2.34. The maximum absolute atomic E-state index is 11.5. The summed E-state index contributed by atoms with van der Waals surface area (Å²) in [5, 5.41) is 2.25. The number of carbonyl (C=O) groups is 1. The molecule has 2 aromatic carbocycles. The predicted octanol–water partition coefficient (Wildman–Crippen LogP) is 3.73. The number of hydrogen-bond donors (Lipinski definition) is 0. The van der Waals surface area contributed by atoms with Gasteiger partial charge in [-0.05, 0) is 39.7 Å². The Morgan fingerprint density at radius 1 is 1.25 bits per heavy atom. The minimum atomic E-state index is -0.418. The zero-order valence-corrected chi connectivity index (χ0v) is 12.7. The number of benzene rings is 2. The molecule has 2 unspecified atom stereocenters. The van der Waals surface area contributed by atoms with Gasteiger partial charge in [0, 0.05) is 13.0 Å². The van der Waals surface area contributed by atoms with Gasteiger partial charge in [-0.15, -0.1) is 0 Å². The van der Waals surface area contributed by atoms with Crippen LogP contribution in [0.15, 0.2) is 40.9 Å². The van der Waals surface area contributed by atoms with Crippen LogP contribution in [0.4, 0.5) is 0 Å². The van der Waals surface area contributed by atoms with Gasteiger partial charge in [0.1, 0.15) is 11.9 Å². The lowest BCUT2D eigenvalue weighted by molar-refractivity contribution is -0.154. The highest BCUT2D eigenvalue weighted by Gasteiger charge is 2.42. The quantitative estimate of drug-likeness (QED) is 0.854. The molecule has 1 fully saturated rings. The van der Waals surface area contributed by atoms with E-state index in [1.807, 2.05) is 37.3 Å². The molecule has 0 aliphatic heterocycles. The monoisotopic (exact) mass is 334 g/mol. The van der Waals surface area contributed by atoms with Crippen molar-refractivity contribution in [2.45, 2.75) is 25.6 Å². The van der Waals surface area contributed by atoms with Crippen LogP contribution in [0, 0.1) is 0 Å². The van der Waals surface area contributed by atoms with Gasteiger partial charge in [-0.1, -0.05) is 30.3 Å². The van der Waals surface area contributed by atoms with E-state index in [2.05, 4.69) is 22.0 Å². The first-order valence-corrected chi connectivity index (χ1v) is 7.48. The molecule has 2 aromatic rings. The predicted molar refractivity (Wildman–Crippen MR) is 81.1 cm³/mol. The summed E-state index contributed by atoms with van der Waals surface area (Å²) in [6.45, 7) is 2.41. The van der Waals surface area contributed by atoms with Gasteiger partial charge in [-0.25, -0.2) is 0 Å². The minimum Gasteiger partial charge on any atom is -0.486 e. The molecule has 0 N–H and O–H groups in total. The summed E-state index contributed by atoms with van der Waals surface area (Å²) in [7, 11) is 0. The number of Topliss-reactive ketones (excluding diaryl/α,β-unsaturated/α-hetero) is 1. The smallest absolute Gasteiger partial charge is 0.169 e. The van der Waals surface area contributed by atoms with Gasteiger partial charge in [0.15, 0.2) is 11.9 Å². The average Bonchev–Trinajstić information content (AvgIpc) is 2.47. The van der Waals surface area contributed by atoms with Gasteiger partial charge >= 0.3 is 0 Å². The molecule has 1 aliphatic rings. The van der Waals surface area contributed by atoms with Gasteiger partial charge in [0.25, 0.3) is 0 Å². The lowest BCUT2D eigenvalue weighted by atomic mass is 9.90. The van der Waals surface area contributed by atoms with E-state index in [4.69, 9.17) is 9.47 Å². The zero-order valence-electron chi connectivity index (χ0n) is 11.1. The summed E-state index contributed by atoms with van der Waals surface area (Å²) in [6.07, 6.45) is -0.178. The molecule has 3 nitrogen and oxygen atoms in total. The molecular formula is C16H15BrO3. The molecule has 0 radical (unpaired) electrons. The number of fused-ring (bicyclic) bond motifs is 1. The van der Waals surface area contributed by atoms with Crippen molar-refractivity contribution in [2.75, 3.05) is 6.61 Å². The van der Waals surface area contributed by atoms with Gasteiger partial charge in [-0.3, -0.25) is 4.79 Å². The van der Waals surface area contributed by atoms with Crippen molar-refractivity contribution >= 4 is 32.5 Å². The van der Waals surface area contributed by atoms with Crippen LogP contribution >= 0.6 is 15.9 Å². The van der Waals surface area contributed by atoms with Gasteiger partial charge < -0.3 is 9.47 Å². The fourth-order valence-electron chi connectivity index (χ4n) is 2.42. The second kappa shape index (κ2) is 5.54. The highest BCUT2D eigenvalue weighted by molar-refractivity contribution is 9.10. The van der Waals surface area contributed by atoms with E-state index < -0.39 is 6.10 Å². The van der Waals surface area contributed by atoms with Crippen LogP contribution in [-0.2, 0) is 9.53 Å². The zero-order chi connectivity index (χ0) is 14.1. The molecule has 104 valence electrons. The van der Waals surface area contributed by atoms with Crippen LogP contribution in [0.5, 0.6) is 5.75 Å². The van der Waals surface area contributed by atoms with Crippen LogP contribution in [0.2, 0.25) is 0 Å². The molecule has 0 bridgehead atoms. The molecule has 4 heteroatoms. The van der Waals surface area contributed by atoms with E-state index >= 15 is 0 Å². The first-order valence-electron chi connectivity index (χ1n) is 6.69. The molecule has 0 saturated heterocycles. The summed E-state index contributed by atoms with van der Waals surface area (Å²) in [6, 6.07) is 12.0. The standard InChI is InChI=1S/C16H15BrO3/c1-2-19-16-12(18)9-14(16)20-13-8-7-10-5-3-4-6-11(10)15(13)17/h3-8,14,16H,2,9H2,1H3. The maximum Gasteiger partial charge on any atom is 0.169 e. The van der Waals surface area contributed by atoms with E-state index in [1.54, 1.807) is 0 Å². The Kier molecular flexibility index (Phi) is 3.76. The van der Waals surface area contributed by atoms with Gasteiger partial charge in [0.05, 0.1) is 4.47 Å². The SMILES string of the molecule is CCOC1C(=O)CC1Oc1ccc2ccccc2c1Br. The summed E-state index contributed by atoms with van der Waals surface area (Å²) in [5.74, 6) is 0.875. The Balaban J connectivity index is 1.85. The fraction of sp³-hybridized carbons (Fsp3) is 0.312. The summed E-state index contributed by atoms with van der Waals surface area (Å²) < 4.78 is 12.3. The highest BCUT2D eigenvalue weighted by Crippen LogP contribution is 2.36. The van der Waals surface area contributed by atoms with E-state index in [1.165, 1.54) is 0 Å². The van der Waals surface area contributed by atoms with Gasteiger partial charge in [0.2, 0.25) is 0 Å². The van der Waals surface area contributed by atoms with E-state index in [-0.39, 0.29) is 11.9 Å². The Hall–Kier alpha value is -1.39. The number of ether oxygens (including phenoxy) is 2. The van der Waals surface area contributed by atoms with Crippen molar-refractivity contribution < 1.29 is 14.3 Å². The second-order valence-electron chi connectivity index (χ2n) is 4.80. The molecule has 20 heavy (non-hydrogen) atoms. The van der Waals surface area contributed by atoms with Crippen molar-refractivity contribution in [3.8, 4) is 5.75 Å². The molecular weight excluding hydrogens is 320 g/mol. The van der Waals surface area contributed by atoms with Crippen molar-refractivity contribution in [3.05, 3.63) is 40.9 Å². The van der Waals surface area contributed by atoms with E-state index in [0.29, 0.717) is 13.0 Å². The second-order valence-corrected chi connectivity index (χ2v) is 5.59. The topological polar surface area (TPSA) is 35.5 Å². The third-order valence-corrected chi connectivity index (χ3v) is 4.33. The van der Waals surface area contributed by atoms with Gasteiger partial charge in [-0.2, -0.15) is 0 Å². The maximum atomic E-state index is 11.5. The van der Waals surface area contributed by atoms with Crippen molar-refractivity contribution in [3.63, 3.8) is 0 Å². The molecule has 0 aromatic heterocycles. The van der Waals surface area contributed by atoms with Crippen LogP contribution in [0.25, 0.3) is 10.8 Å². The number of rotatable bonds is 4. The van der Waals surface area contributed by atoms with Crippen LogP contribution in [-0.4, -0.2) is 24.6 Å². The first kappa shape index (κ1) is 13.6. The van der Waals surface area contributed by atoms with E-state index in [0.717, 1.165) is 21.0 Å². The van der Waals surface area contributed by atoms with Crippen LogP contribution < -0.4 is 4.74 Å². The molecule has 0 heterocycles. The minimum absolute atomic E-state index is 0.119. The van der Waals surface area contributed by atoms with Crippen molar-refractivity contribution in [1.29, 1.82) is 0 Å². The van der Waals surface area contributed by atoms with Crippen LogP contribution in [0.3, 0.4) is 0 Å². The number of halogens is 1. The third-order valence-electron chi connectivity index (χ3n) is 3.51. The van der Waals surface area contributed by atoms with E-state index in [9.17, 15) is 4.79 Å². The largest absolute Gasteiger partial charge is 0.486 e. The molecule has 0 amide bonds. The van der Waals surface area contributed by atoms with Crippen molar-refractivity contribution in [1.82, 2.24) is 0 Å². The lowest BCUT2D eigenvalue weighted by Crippen LogP contribution is -2.52. The number of ketones is 1. The first-order chi connectivity index (χ1) is 9.70. The average molecular weight is 335 g/mol. The Bertz CT molecular complexity index is 653. The molecule has 2 atom stereocenters. The molecule has 3 rings (SSSR count). The summed E-state index contributed by atoms with van der Waals surface area (Å²) in [4.78, 5) is 11.5. The highest BCUT2D eigenvalue weighted by atomic mass is 79.9. The fourth-order valence-corrected chi connectivity index (χ4v) is 3.01. The normalized spacial score (nSPS) is 21.8. The molecule has 0 spiro atoms. The molecule has 1 aliphatic carbocycles. The number of hydrogen-bond acceptors (Lipinski definition) is 3. The van der Waals surface area contributed by atoms with Crippen molar-refractivity contribution in [2.24, 2.45) is 0 Å². The summed E-state index contributed by atoms with van der Waals surface area (Å²) in [5.41, 5.74) is 0. The third kappa shape index (κ3) is 2.34. The Morgan fingerprint density at radius 2 is 2.05 bits per heavy atom. The van der Waals surface area contributed by atoms with Crippen LogP contribution in [0.1, 0.15) is 13.3 Å². The molecule has 1 saturated carbocycles.